The predicted octanol–water partition coefficient (Wildman–Crippen LogP) is 0.919. The van der Waals surface area contributed by atoms with E-state index in [0.29, 0.717) is 5.15 Å². The predicted molar refractivity (Wildman–Crippen MR) is 63.5 cm³/mol. The number of aliphatic hydroxyl groups is 1. The number of aliphatic hydroxyl groups excluding tert-OH is 1. The molecule has 5 nitrogen and oxygen atoms in total. The molecule has 2 heterocycles. The lowest BCUT2D eigenvalue weighted by Gasteiger charge is -2.35. The van der Waals surface area contributed by atoms with Crippen LogP contribution in [0.5, 0.6) is 0 Å². The van der Waals surface area contributed by atoms with Gasteiger partial charge in [-0.15, -0.1) is 0 Å². The average Bonchev–Trinajstić information content (AvgIpc) is 2.20. The van der Waals surface area contributed by atoms with E-state index in [1.54, 1.807) is 6.07 Å². The monoisotopic (exact) mass is 242 g/mol. The molecule has 0 aromatic carbocycles. The molecule has 1 aromatic rings. The molecule has 3 N–H and O–H groups in total. The normalized spacial score (nSPS) is 25.8. The topological polar surface area (TPSA) is 75.3 Å². The van der Waals surface area contributed by atoms with Gasteiger partial charge in [-0.1, -0.05) is 18.5 Å². The molecule has 2 unspecified atom stereocenters. The maximum atomic E-state index is 9.64. The van der Waals surface area contributed by atoms with E-state index in [-0.39, 0.29) is 18.0 Å². The van der Waals surface area contributed by atoms with Crippen LogP contribution in [-0.2, 0) is 0 Å². The lowest BCUT2D eigenvalue weighted by molar-refractivity contribution is 0.0969. The number of aromatic nitrogens is 2. The number of hydrogen-bond donors (Lipinski definition) is 2. The van der Waals surface area contributed by atoms with Crippen molar-refractivity contribution < 1.29 is 5.11 Å². The standard InChI is InChI=1S/C10H15ClN4O/c1-6-5-15(3-2-7(6)16)9-4-8(11)13-10(12)14-9/h4,6-7,16H,2-3,5H2,1H3,(H2,12,13,14). The molecular weight excluding hydrogens is 228 g/mol. The highest BCUT2D eigenvalue weighted by atomic mass is 35.5. The zero-order valence-corrected chi connectivity index (χ0v) is 9.85. The first-order chi connectivity index (χ1) is 7.56. The molecule has 6 heteroatoms. The fourth-order valence-electron chi connectivity index (χ4n) is 1.93. The van der Waals surface area contributed by atoms with Crippen LogP contribution in [0.3, 0.4) is 0 Å². The van der Waals surface area contributed by atoms with Crippen LogP contribution in [0.15, 0.2) is 6.07 Å². The summed E-state index contributed by atoms with van der Waals surface area (Å²) in [5.74, 6) is 1.14. The van der Waals surface area contributed by atoms with Gasteiger partial charge < -0.3 is 15.7 Å². The van der Waals surface area contributed by atoms with E-state index in [1.807, 2.05) is 6.92 Å². The Morgan fingerprint density at radius 1 is 1.56 bits per heavy atom. The molecule has 1 saturated heterocycles. The zero-order chi connectivity index (χ0) is 11.7. The molecule has 0 bridgehead atoms. The van der Waals surface area contributed by atoms with Crippen molar-refractivity contribution in [2.45, 2.75) is 19.4 Å². The van der Waals surface area contributed by atoms with Gasteiger partial charge in [0.2, 0.25) is 5.95 Å². The first-order valence-electron chi connectivity index (χ1n) is 5.29. The first kappa shape index (κ1) is 11.4. The van der Waals surface area contributed by atoms with Crippen LogP contribution in [0, 0.1) is 5.92 Å². The van der Waals surface area contributed by atoms with Gasteiger partial charge in [0.15, 0.2) is 0 Å². The number of nitrogen functional groups attached to an aromatic ring is 1. The summed E-state index contributed by atoms with van der Waals surface area (Å²) in [6.07, 6.45) is 0.508. The summed E-state index contributed by atoms with van der Waals surface area (Å²) in [4.78, 5) is 10.0. The van der Waals surface area contributed by atoms with Crippen molar-refractivity contribution in [2.24, 2.45) is 5.92 Å². The first-order valence-corrected chi connectivity index (χ1v) is 5.67. The average molecular weight is 243 g/mol. The van der Waals surface area contributed by atoms with Crippen molar-refractivity contribution in [3.05, 3.63) is 11.2 Å². The third-order valence-electron chi connectivity index (χ3n) is 2.88. The van der Waals surface area contributed by atoms with Crippen LogP contribution in [0.1, 0.15) is 13.3 Å². The van der Waals surface area contributed by atoms with Crippen LogP contribution < -0.4 is 10.6 Å². The van der Waals surface area contributed by atoms with Gasteiger partial charge in [0.25, 0.3) is 0 Å². The molecule has 1 aliphatic heterocycles. The molecule has 88 valence electrons. The van der Waals surface area contributed by atoms with E-state index >= 15 is 0 Å². The lowest BCUT2D eigenvalue weighted by Crippen LogP contribution is -2.42. The number of rotatable bonds is 1. The van der Waals surface area contributed by atoms with E-state index in [1.165, 1.54) is 0 Å². The summed E-state index contributed by atoms with van der Waals surface area (Å²) < 4.78 is 0. The summed E-state index contributed by atoms with van der Waals surface area (Å²) in [6, 6.07) is 1.70. The Hall–Kier alpha value is -1.07. The van der Waals surface area contributed by atoms with Crippen molar-refractivity contribution in [3.8, 4) is 0 Å². The van der Waals surface area contributed by atoms with Gasteiger partial charge in [0, 0.05) is 19.2 Å². The maximum Gasteiger partial charge on any atom is 0.223 e. The maximum absolute atomic E-state index is 9.64. The molecule has 1 aliphatic rings. The van der Waals surface area contributed by atoms with E-state index in [4.69, 9.17) is 17.3 Å². The number of halogens is 1. The Morgan fingerprint density at radius 2 is 2.31 bits per heavy atom. The molecule has 0 radical (unpaired) electrons. The van der Waals surface area contributed by atoms with Gasteiger partial charge >= 0.3 is 0 Å². The number of nitrogens with two attached hydrogens (primary N) is 1. The zero-order valence-electron chi connectivity index (χ0n) is 9.10. The summed E-state index contributed by atoms with van der Waals surface area (Å²) in [6.45, 7) is 3.54. The second-order valence-corrected chi connectivity index (χ2v) is 4.57. The fraction of sp³-hybridized carbons (Fsp3) is 0.600. The van der Waals surface area contributed by atoms with Crippen molar-refractivity contribution in [1.29, 1.82) is 0 Å². The second kappa shape index (κ2) is 4.43. The van der Waals surface area contributed by atoms with Gasteiger partial charge in [-0.25, -0.2) is 4.98 Å². The minimum atomic E-state index is -0.231. The molecular formula is C10H15ClN4O. The van der Waals surface area contributed by atoms with E-state index < -0.39 is 0 Å². The van der Waals surface area contributed by atoms with Crippen molar-refractivity contribution in [2.75, 3.05) is 23.7 Å². The molecule has 1 fully saturated rings. The number of nitrogens with zero attached hydrogens (tertiary/aromatic N) is 3. The summed E-state index contributed by atoms with van der Waals surface area (Å²) in [5.41, 5.74) is 5.55. The van der Waals surface area contributed by atoms with Crippen LogP contribution in [0.2, 0.25) is 5.15 Å². The smallest absolute Gasteiger partial charge is 0.223 e. The van der Waals surface area contributed by atoms with Crippen LogP contribution in [0.4, 0.5) is 11.8 Å². The Balaban J connectivity index is 2.18. The minimum Gasteiger partial charge on any atom is -0.393 e. The molecule has 2 atom stereocenters. The van der Waals surface area contributed by atoms with E-state index in [2.05, 4.69) is 14.9 Å². The van der Waals surface area contributed by atoms with Gasteiger partial charge in [0.05, 0.1) is 6.10 Å². The Labute approximate surface area is 99.3 Å². The second-order valence-electron chi connectivity index (χ2n) is 4.19. The molecule has 0 saturated carbocycles. The number of anilines is 2. The molecule has 2 rings (SSSR count). The minimum absolute atomic E-state index is 0.182. The summed E-state index contributed by atoms with van der Waals surface area (Å²) >= 11 is 5.83. The van der Waals surface area contributed by atoms with Crippen molar-refractivity contribution in [1.82, 2.24) is 9.97 Å². The van der Waals surface area contributed by atoms with Gasteiger partial charge in [0.1, 0.15) is 11.0 Å². The highest BCUT2D eigenvalue weighted by Gasteiger charge is 2.25. The van der Waals surface area contributed by atoms with Crippen LogP contribution >= 0.6 is 11.6 Å². The van der Waals surface area contributed by atoms with Crippen LogP contribution in [0.25, 0.3) is 0 Å². The van der Waals surface area contributed by atoms with E-state index in [9.17, 15) is 5.11 Å². The summed E-state index contributed by atoms with van der Waals surface area (Å²) in [7, 11) is 0. The molecule has 0 spiro atoms. The highest BCUT2D eigenvalue weighted by Crippen LogP contribution is 2.23. The molecule has 0 aliphatic carbocycles. The van der Waals surface area contributed by atoms with Crippen LogP contribution in [-0.4, -0.2) is 34.3 Å². The molecule has 0 amide bonds. The summed E-state index contributed by atoms with van der Waals surface area (Å²) in [5, 5.41) is 9.99. The van der Waals surface area contributed by atoms with Gasteiger partial charge in [-0.3, -0.25) is 0 Å². The SMILES string of the molecule is CC1CN(c2cc(Cl)nc(N)n2)CCC1O. The fourth-order valence-corrected chi connectivity index (χ4v) is 2.11. The van der Waals surface area contributed by atoms with Crippen molar-refractivity contribution in [3.63, 3.8) is 0 Å². The molecule has 1 aromatic heterocycles. The van der Waals surface area contributed by atoms with Crippen molar-refractivity contribution >= 4 is 23.4 Å². The highest BCUT2D eigenvalue weighted by molar-refractivity contribution is 6.29. The largest absolute Gasteiger partial charge is 0.393 e. The van der Waals surface area contributed by atoms with Gasteiger partial charge in [-0.2, -0.15) is 4.98 Å². The van der Waals surface area contributed by atoms with E-state index in [0.717, 1.165) is 25.3 Å². The lowest BCUT2D eigenvalue weighted by atomic mass is 9.97. The molecule has 16 heavy (non-hydrogen) atoms. The Bertz CT molecular complexity index is 367. The third kappa shape index (κ3) is 2.36. The number of piperidine rings is 1. The Kier molecular flexibility index (Phi) is 3.16. The third-order valence-corrected chi connectivity index (χ3v) is 3.08. The van der Waals surface area contributed by atoms with Gasteiger partial charge in [-0.05, 0) is 12.3 Å². The quantitative estimate of drug-likeness (QED) is 0.717. The number of hydrogen-bond acceptors (Lipinski definition) is 5. The Morgan fingerprint density at radius 3 is 2.94 bits per heavy atom.